The quantitative estimate of drug-likeness (QED) is 0.882. The molecule has 0 aliphatic carbocycles. The summed E-state index contributed by atoms with van der Waals surface area (Å²) in [6.07, 6.45) is 2.92. The average Bonchev–Trinajstić information content (AvgIpc) is 3.16. The largest absolute Gasteiger partial charge is 0.383 e. The molecule has 2 aromatic heterocycles. The molecule has 0 unspecified atom stereocenters. The zero-order valence-corrected chi connectivity index (χ0v) is 13.8. The van der Waals surface area contributed by atoms with Gasteiger partial charge in [-0.1, -0.05) is 0 Å². The van der Waals surface area contributed by atoms with E-state index in [-0.39, 0.29) is 0 Å². The van der Waals surface area contributed by atoms with Crippen molar-refractivity contribution in [3.8, 4) is 0 Å². The number of hydrogen-bond donors (Lipinski definition) is 1. The second kappa shape index (κ2) is 7.13. The number of ether oxygens (including phenoxy) is 1. The van der Waals surface area contributed by atoms with Crippen molar-refractivity contribution in [3.05, 3.63) is 29.2 Å². The Hall–Kier alpha value is -1.57. The molecule has 3 heterocycles. The van der Waals surface area contributed by atoms with Crippen molar-refractivity contribution >= 4 is 22.3 Å². The second-order valence-corrected chi connectivity index (χ2v) is 6.36. The molecule has 1 aliphatic rings. The van der Waals surface area contributed by atoms with Gasteiger partial charge >= 0.3 is 0 Å². The van der Waals surface area contributed by atoms with E-state index in [0.29, 0.717) is 5.92 Å². The standard InChI is InChI=1S/C15H21N5OS/c1-11-17-13(12-3-5-20(10-12)6-7-21-2)9-14(18-11)19-15-16-4-8-22-15/h4,8-9,12H,3,5-7,10H2,1-2H3,(H,16,17,18,19)/t12-/m0/s1. The highest BCUT2D eigenvalue weighted by molar-refractivity contribution is 7.13. The lowest BCUT2D eigenvalue weighted by Crippen LogP contribution is -2.24. The summed E-state index contributed by atoms with van der Waals surface area (Å²) in [7, 11) is 1.75. The normalized spacial score (nSPS) is 18.7. The van der Waals surface area contributed by atoms with Crippen LogP contribution in [0.15, 0.2) is 17.6 Å². The van der Waals surface area contributed by atoms with Crippen LogP contribution < -0.4 is 5.32 Å². The molecular formula is C15H21N5OS. The molecule has 6 nitrogen and oxygen atoms in total. The molecule has 1 fully saturated rings. The number of rotatable bonds is 6. The maximum Gasteiger partial charge on any atom is 0.188 e. The number of likely N-dealkylation sites (tertiary alicyclic amines) is 1. The Morgan fingerprint density at radius 3 is 3.14 bits per heavy atom. The minimum absolute atomic E-state index is 0.468. The minimum atomic E-state index is 0.468. The molecule has 0 aromatic carbocycles. The van der Waals surface area contributed by atoms with Crippen molar-refractivity contribution < 1.29 is 4.74 Å². The Labute approximate surface area is 134 Å². The Kier molecular flexibility index (Phi) is 4.97. The molecule has 1 atom stereocenters. The van der Waals surface area contributed by atoms with Crippen LogP contribution in [0.1, 0.15) is 23.9 Å². The molecule has 1 aliphatic heterocycles. The maximum atomic E-state index is 5.16. The summed E-state index contributed by atoms with van der Waals surface area (Å²) in [6.45, 7) is 5.85. The predicted molar refractivity (Wildman–Crippen MR) is 87.8 cm³/mol. The van der Waals surface area contributed by atoms with Gasteiger partial charge in [-0.25, -0.2) is 15.0 Å². The lowest BCUT2D eigenvalue weighted by Gasteiger charge is -2.15. The molecule has 0 amide bonds. The summed E-state index contributed by atoms with van der Waals surface area (Å²) in [6, 6.07) is 2.05. The summed E-state index contributed by atoms with van der Waals surface area (Å²) in [4.78, 5) is 15.8. The van der Waals surface area contributed by atoms with Crippen LogP contribution >= 0.6 is 11.3 Å². The van der Waals surface area contributed by atoms with Crippen LogP contribution in [-0.2, 0) is 4.74 Å². The first-order valence-electron chi connectivity index (χ1n) is 7.48. The van der Waals surface area contributed by atoms with Gasteiger partial charge in [-0.15, -0.1) is 11.3 Å². The van der Waals surface area contributed by atoms with Gasteiger partial charge in [-0.2, -0.15) is 0 Å². The number of aryl methyl sites for hydroxylation is 1. The van der Waals surface area contributed by atoms with E-state index < -0.39 is 0 Å². The van der Waals surface area contributed by atoms with E-state index in [0.717, 1.165) is 55.1 Å². The van der Waals surface area contributed by atoms with Gasteiger partial charge in [0.25, 0.3) is 0 Å². The van der Waals surface area contributed by atoms with Gasteiger partial charge in [0.15, 0.2) is 5.13 Å². The molecule has 22 heavy (non-hydrogen) atoms. The van der Waals surface area contributed by atoms with E-state index in [1.54, 1.807) is 24.6 Å². The third kappa shape index (κ3) is 3.79. The zero-order chi connectivity index (χ0) is 15.4. The van der Waals surface area contributed by atoms with Gasteiger partial charge in [0.1, 0.15) is 11.6 Å². The van der Waals surface area contributed by atoms with Crippen LogP contribution in [0.2, 0.25) is 0 Å². The lowest BCUT2D eigenvalue weighted by atomic mass is 10.0. The summed E-state index contributed by atoms with van der Waals surface area (Å²) in [5.74, 6) is 2.09. The van der Waals surface area contributed by atoms with Crippen molar-refractivity contribution in [2.75, 3.05) is 38.7 Å². The first-order valence-corrected chi connectivity index (χ1v) is 8.36. The minimum Gasteiger partial charge on any atom is -0.383 e. The van der Waals surface area contributed by atoms with Crippen molar-refractivity contribution in [1.82, 2.24) is 19.9 Å². The van der Waals surface area contributed by atoms with E-state index in [9.17, 15) is 0 Å². The third-order valence-electron chi connectivity index (χ3n) is 3.83. The van der Waals surface area contributed by atoms with Gasteiger partial charge in [-0.3, -0.25) is 0 Å². The van der Waals surface area contributed by atoms with Crippen molar-refractivity contribution in [1.29, 1.82) is 0 Å². The number of nitrogens with one attached hydrogen (secondary N) is 1. The first kappa shape index (κ1) is 15.3. The Morgan fingerprint density at radius 1 is 1.45 bits per heavy atom. The SMILES string of the molecule is COCCN1CC[C@H](c2cc(Nc3nccs3)nc(C)n2)C1. The fourth-order valence-electron chi connectivity index (χ4n) is 2.76. The molecule has 1 saturated heterocycles. The summed E-state index contributed by atoms with van der Waals surface area (Å²) in [5, 5.41) is 6.06. The van der Waals surface area contributed by atoms with E-state index >= 15 is 0 Å². The fourth-order valence-corrected chi connectivity index (χ4v) is 3.29. The van der Waals surface area contributed by atoms with E-state index in [1.165, 1.54) is 0 Å². The summed E-state index contributed by atoms with van der Waals surface area (Å²) >= 11 is 1.57. The van der Waals surface area contributed by atoms with E-state index in [2.05, 4.69) is 31.2 Å². The summed E-state index contributed by atoms with van der Waals surface area (Å²) < 4.78 is 5.16. The number of nitrogens with zero attached hydrogens (tertiary/aromatic N) is 4. The van der Waals surface area contributed by atoms with Crippen LogP contribution in [0.3, 0.4) is 0 Å². The highest BCUT2D eigenvalue weighted by Gasteiger charge is 2.25. The molecule has 1 N–H and O–H groups in total. The number of methoxy groups -OCH3 is 1. The zero-order valence-electron chi connectivity index (χ0n) is 13.0. The van der Waals surface area contributed by atoms with Gasteiger partial charge < -0.3 is 15.0 Å². The molecule has 0 saturated carbocycles. The van der Waals surface area contributed by atoms with Gasteiger partial charge in [0.2, 0.25) is 0 Å². The molecule has 2 aromatic rings. The number of aromatic nitrogens is 3. The Bertz CT molecular complexity index is 604. The fraction of sp³-hybridized carbons (Fsp3) is 0.533. The topological polar surface area (TPSA) is 63.2 Å². The van der Waals surface area contributed by atoms with Crippen molar-refractivity contribution in [2.45, 2.75) is 19.3 Å². The average molecular weight is 319 g/mol. The predicted octanol–water partition coefficient (Wildman–Crippen LogP) is 2.42. The number of anilines is 2. The molecule has 0 radical (unpaired) electrons. The highest BCUT2D eigenvalue weighted by atomic mass is 32.1. The van der Waals surface area contributed by atoms with Crippen LogP contribution in [-0.4, -0.2) is 53.2 Å². The van der Waals surface area contributed by atoms with Crippen LogP contribution in [0, 0.1) is 6.92 Å². The second-order valence-electron chi connectivity index (χ2n) is 5.47. The smallest absolute Gasteiger partial charge is 0.188 e. The number of thiazole rings is 1. The molecule has 0 spiro atoms. The molecule has 0 bridgehead atoms. The van der Waals surface area contributed by atoms with E-state index in [4.69, 9.17) is 4.74 Å². The lowest BCUT2D eigenvalue weighted by molar-refractivity contribution is 0.160. The van der Waals surface area contributed by atoms with Gasteiger partial charge in [0.05, 0.1) is 12.3 Å². The maximum absolute atomic E-state index is 5.16. The number of hydrogen-bond acceptors (Lipinski definition) is 7. The van der Waals surface area contributed by atoms with Crippen LogP contribution in [0.25, 0.3) is 0 Å². The Morgan fingerprint density at radius 2 is 2.36 bits per heavy atom. The third-order valence-corrected chi connectivity index (χ3v) is 4.52. The van der Waals surface area contributed by atoms with Crippen LogP contribution in [0.4, 0.5) is 10.9 Å². The van der Waals surface area contributed by atoms with Crippen molar-refractivity contribution in [3.63, 3.8) is 0 Å². The molecule has 118 valence electrons. The molecular weight excluding hydrogens is 298 g/mol. The Balaban J connectivity index is 1.70. The summed E-state index contributed by atoms with van der Waals surface area (Å²) in [5.41, 5.74) is 1.12. The van der Waals surface area contributed by atoms with Gasteiger partial charge in [-0.05, 0) is 19.9 Å². The first-order chi connectivity index (χ1) is 10.7. The van der Waals surface area contributed by atoms with Crippen LogP contribution in [0.5, 0.6) is 0 Å². The van der Waals surface area contributed by atoms with Crippen molar-refractivity contribution in [2.24, 2.45) is 0 Å². The van der Waals surface area contributed by atoms with Gasteiger partial charge in [0, 0.05) is 43.8 Å². The monoisotopic (exact) mass is 319 g/mol. The van der Waals surface area contributed by atoms with E-state index in [1.807, 2.05) is 12.3 Å². The highest BCUT2D eigenvalue weighted by Crippen LogP contribution is 2.28. The molecule has 7 heteroatoms. The molecule has 3 rings (SSSR count).